The molecule has 1 saturated heterocycles. The van der Waals surface area contributed by atoms with Gasteiger partial charge in [0.2, 0.25) is 0 Å². The molecule has 10 heteroatoms. The standard InChI is InChI=1S/C21H22I2N6OS/c22-31(23,30,19-2-1-8-24-13-19)29-10-5-16(6-11-29)15-28-9-7-18-12-17(3-4-21(18)28)20-14-25-27-26-20/h1-4,7-9,12-14,16H,5-6,10-11,15H2,(H,25,26,27). The molecule has 4 heterocycles. The first kappa shape index (κ1) is 21.5. The zero-order valence-electron chi connectivity index (χ0n) is 16.7. The second-order valence-electron chi connectivity index (χ2n) is 7.88. The van der Waals surface area contributed by atoms with Crippen molar-refractivity contribution in [3.05, 3.63) is 61.2 Å². The Morgan fingerprint density at radius 1 is 1.13 bits per heavy atom. The second kappa shape index (κ2) is 8.19. The number of hydrogen-bond donors (Lipinski definition) is 1. The van der Waals surface area contributed by atoms with Crippen LogP contribution >= 0.6 is 42.4 Å². The van der Waals surface area contributed by atoms with Gasteiger partial charge in [-0.25, -0.2) is 8.51 Å². The van der Waals surface area contributed by atoms with E-state index in [9.17, 15) is 4.21 Å². The molecule has 7 nitrogen and oxygen atoms in total. The van der Waals surface area contributed by atoms with Gasteiger partial charge in [-0.1, -0.05) is 6.07 Å². The number of benzene rings is 1. The monoisotopic (exact) mass is 660 g/mol. The summed E-state index contributed by atoms with van der Waals surface area (Å²) in [5.74, 6) is 0.562. The molecule has 1 N–H and O–H groups in total. The van der Waals surface area contributed by atoms with Crippen LogP contribution in [-0.4, -0.2) is 46.6 Å². The lowest BCUT2D eigenvalue weighted by molar-refractivity contribution is 0.261. The SMILES string of the molecule is O=S(I)(I)(c1cccnc1)N1CCC(Cn2ccc3cc(-c4cn[nH]n4)ccc32)CC1. The Morgan fingerprint density at radius 2 is 1.97 bits per heavy atom. The van der Waals surface area contributed by atoms with Crippen molar-refractivity contribution in [2.75, 3.05) is 13.1 Å². The Labute approximate surface area is 204 Å². The van der Waals surface area contributed by atoms with E-state index in [1.54, 1.807) is 18.6 Å². The van der Waals surface area contributed by atoms with Gasteiger partial charge in [-0.05, 0) is 49.1 Å². The molecule has 31 heavy (non-hydrogen) atoms. The number of piperidine rings is 1. The summed E-state index contributed by atoms with van der Waals surface area (Å²) in [5, 5.41) is 11.9. The number of fused-ring (bicyclic) bond motifs is 1. The van der Waals surface area contributed by atoms with Crippen molar-refractivity contribution in [1.29, 1.82) is 0 Å². The Kier molecular flexibility index (Phi) is 5.67. The van der Waals surface area contributed by atoms with E-state index < -0.39 is 3.59 Å². The molecule has 1 fully saturated rings. The molecule has 0 amide bonds. The minimum absolute atomic E-state index is 0.562. The van der Waals surface area contributed by atoms with E-state index in [0.29, 0.717) is 5.92 Å². The highest BCUT2D eigenvalue weighted by Gasteiger charge is 2.41. The van der Waals surface area contributed by atoms with Gasteiger partial charge in [0.25, 0.3) is 0 Å². The molecule has 3 aromatic heterocycles. The van der Waals surface area contributed by atoms with Crippen LogP contribution in [0.4, 0.5) is 0 Å². The van der Waals surface area contributed by atoms with Crippen LogP contribution in [0, 0.1) is 5.92 Å². The van der Waals surface area contributed by atoms with Crippen LogP contribution < -0.4 is 0 Å². The molecule has 0 aliphatic carbocycles. The largest absolute Gasteiger partial charge is 0.347 e. The predicted octanol–water partition coefficient (Wildman–Crippen LogP) is 5.03. The normalized spacial score (nSPS) is 17.5. The number of halogens is 2. The number of rotatable bonds is 5. The van der Waals surface area contributed by atoms with E-state index in [-0.39, 0.29) is 0 Å². The molecule has 0 spiro atoms. The zero-order chi connectivity index (χ0) is 21.5. The van der Waals surface area contributed by atoms with E-state index in [4.69, 9.17) is 0 Å². The van der Waals surface area contributed by atoms with Gasteiger partial charge in [-0.3, -0.25) is 4.98 Å². The summed E-state index contributed by atoms with van der Waals surface area (Å²) >= 11 is 4.30. The van der Waals surface area contributed by atoms with Crippen molar-refractivity contribution in [2.24, 2.45) is 5.92 Å². The van der Waals surface area contributed by atoms with Gasteiger partial charge in [-0.2, -0.15) is 15.4 Å². The summed E-state index contributed by atoms with van der Waals surface area (Å²) in [7, 11) is 0. The van der Waals surface area contributed by atoms with Crippen LogP contribution in [0.2, 0.25) is 0 Å². The molecule has 1 aliphatic rings. The van der Waals surface area contributed by atoms with Gasteiger partial charge in [0, 0.05) is 97.1 Å². The molecular formula is C21H22I2N6OS. The van der Waals surface area contributed by atoms with Crippen LogP contribution in [-0.2, 0) is 10.1 Å². The quantitative estimate of drug-likeness (QED) is 0.241. The van der Waals surface area contributed by atoms with Gasteiger partial charge in [0.05, 0.1) is 14.7 Å². The second-order valence-corrected chi connectivity index (χ2v) is 25.2. The minimum Gasteiger partial charge on any atom is -0.347 e. The molecule has 0 saturated carbocycles. The molecule has 162 valence electrons. The topological polar surface area (TPSA) is 79.7 Å². The Balaban J connectivity index is 1.29. The molecule has 0 radical (unpaired) electrons. The fourth-order valence-electron chi connectivity index (χ4n) is 4.22. The van der Waals surface area contributed by atoms with E-state index >= 15 is 0 Å². The highest BCUT2D eigenvalue weighted by molar-refractivity contribution is 14.3. The van der Waals surface area contributed by atoms with Gasteiger partial charge in [-0.15, -0.1) is 0 Å². The van der Waals surface area contributed by atoms with Crippen molar-refractivity contribution in [2.45, 2.75) is 24.3 Å². The fraction of sp³-hybridized carbons (Fsp3) is 0.286. The number of aromatic nitrogens is 5. The van der Waals surface area contributed by atoms with Crippen molar-refractivity contribution in [3.8, 4) is 11.3 Å². The summed E-state index contributed by atoms with van der Waals surface area (Å²) < 4.78 is 15.3. The molecule has 1 aromatic carbocycles. The van der Waals surface area contributed by atoms with E-state index in [1.165, 1.54) is 10.9 Å². The number of H-pyrrole nitrogens is 1. The number of hydrogen-bond acceptors (Lipinski definition) is 4. The Bertz CT molecular complexity index is 1260. The summed E-state index contributed by atoms with van der Waals surface area (Å²) in [4.78, 5) is 4.99. The highest BCUT2D eigenvalue weighted by Crippen LogP contribution is 2.53. The third-order valence-corrected chi connectivity index (χ3v) is 14.6. The molecule has 4 aromatic rings. The maximum Gasteiger partial charge on any atom is 0.112 e. The van der Waals surface area contributed by atoms with E-state index in [0.717, 1.165) is 48.6 Å². The highest BCUT2D eigenvalue weighted by atomic mass is 127. The number of aromatic amines is 1. The summed E-state index contributed by atoms with van der Waals surface area (Å²) in [6.07, 6.45) is 9.42. The van der Waals surface area contributed by atoms with Crippen molar-refractivity contribution in [1.82, 2.24) is 29.3 Å². The van der Waals surface area contributed by atoms with Crippen molar-refractivity contribution < 1.29 is 4.21 Å². The third kappa shape index (κ3) is 4.18. The van der Waals surface area contributed by atoms with Crippen LogP contribution in [0.15, 0.2) is 66.1 Å². The maximum atomic E-state index is 13.9. The van der Waals surface area contributed by atoms with E-state index in [1.807, 2.05) is 12.1 Å². The minimum atomic E-state index is -3.13. The van der Waals surface area contributed by atoms with Gasteiger partial charge in [0.15, 0.2) is 0 Å². The van der Waals surface area contributed by atoms with Gasteiger partial charge in [0.1, 0.15) is 5.69 Å². The lowest BCUT2D eigenvalue weighted by atomic mass is 9.98. The first-order chi connectivity index (χ1) is 14.9. The first-order valence-corrected chi connectivity index (χ1v) is 17.1. The van der Waals surface area contributed by atoms with E-state index in [2.05, 4.69) is 102 Å². The molecule has 0 bridgehead atoms. The Morgan fingerprint density at radius 3 is 2.68 bits per heavy atom. The predicted molar refractivity (Wildman–Crippen MR) is 140 cm³/mol. The molecule has 1 aliphatic heterocycles. The number of nitrogens with one attached hydrogen (secondary N) is 1. The summed E-state index contributed by atoms with van der Waals surface area (Å²) in [6, 6.07) is 12.4. The zero-order valence-corrected chi connectivity index (χ0v) is 21.8. The van der Waals surface area contributed by atoms with Crippen LogP contribution in [0.25, 0.3) is 22.2 Å². The molecule has 5 rings (SSSR count). The van der Waals surface area contributed by atoms with Gasteiger partial charge < -0.3 is 4.57 Å². The Hall–Kier alpha value is -1.38. The number of nitrogens with zero attached hydrogens (tertiary/aromatic N) is 5. The fourth-order valence-corrected chi connectivity index (χ4v) is 9.80. The molecular weight excluding hydrogens is 638 g/mol. The maximum absolute atomic E-state index is 13.9. The van der Waals surface area contributed by atoms with Crippen LogP contribution in [0.3, 0.4) is 0 Å². The average molecular weight is 660 g/mol. The lowest BCUT2D eigenvalue weighted by Gasteiger charge is -2.44. The molecule has 0 atom stereocenters. The van der Waals surface area contributed by atoms with Crippen LogP contribution in [0.5, 0.6) is 0 Å². The third-order valence-electron chi connectivity index (χ3n) is 5.95. The van der Waals surface area contributed by atoms with Gasteiger partial charge >= 0.3 is 0 Å². The van der Waals surface area contributed by atoms with Crippen molar-refractivity contribution in [3.63, 3.8) is 0 Å². The average Bonchev–Trinajstić information content (AvgIpc) is 3.45. The smallest absolute Gasteiger partial charge is 0.112 e. The lowest BCUT2D eigenvalue weighted by Crippen LogP contribution is -2.45. The summed E-state index contributed by atoms with van der Waals surface area (Å²) in [6.45, 7) is 2.63. The number of pyridine rings is 1. The summed E-state index contributed by atoms with van der Waals surface area (Å²) in [5.41, 5.74) is 3.15. The van der Waals surface area contributed by atoms with Crippen molar-refractivity contribution >= 4 is 56.9 Å². The van der Waals surface area contributed by atoms with Crippen LogP contribution in [0.1, 0.15) is 12.8 Å². The molecule has 0 unspecified atom stereocenters. The first-order valence-electron chi connectivity index (χ1n) is 10.1.